The third kappa shape index (κ3) is 3.96. The molecule has 2 N–H and O–H groups in total. The second kappa shape index (κ2) is 7.38. The fraction of sp³-hybridized carbons (Fsp3) is 0.278. The molecule has 4 nitrogen and oxygen atoms in total. The number of carbonyl (C=O) groups excluding carboxylic acids is 1. The van der Waals surface area contributed by atoms with Gasteiger partial charge in [0.2, 0.25) is 0 Å². The molecule has 3 rings (SSSR count). The summed E-state index contributed by atoms with van der Waals surface area (Å²) in [6.07, 6.45) is 1.02. The average molecular weight is 333 g/mol. The molecule has 5 heteroatoms. The summed E-state index contributed by atoms with van der Waals surface area (Å²) >= 11 is 0. The predicted molar refractivity (Wildman–Crippen MR) is 96.0 cm³/mol. The van der Waals surface area contributed by atoms with Gasteiger partial charge in [-0.15, -0.1) is 12.4 Å². The summed E-state index contributed by atoms with van der Waals surface area (Å²) in [6, 6.07) is 13.3. The fourth-order valence-electron chi connectivity index (χ4n) is 2.57. The van der Waals surface area contributed by atoms with Crippen molar-refractivity contribution >= 4 is 29.7 Å². The van der Waals surface area contributed by atoms with E-state index in [1.54, 1.807) is 0 Å². The first-order valence-electron chi connectivity index (χ1n) is 7.57. The highest BCUT2D eigenvalue weighted by atomic mass is 35.5. The van der Waals surface area contributed by atoms with Crippen LogP contribution in [0.15, 0.2) is 42.5 Å². The Morgan fingerprint density at radius 2 is 2.00 bits per heavy atom. The maximum Gasteiger partial charge on any atom is 0.255 e. The van der Waals surface area contributed by atoms with Crippen molar-refractivity contribution < 1.29 is 9.53 Å². The lowest BCUT2D eigenvalue weighted by atomic mass is 10.1. The summed E-state index contributed by atoms with van der Waals surface area (Å²) in [6.45, 7) is 4.86. The molecule has 0 fully saturated rings. The van der Waals surface area contributed by atoms with Crippen molar-refractivity contribution in [2.75, 3.05) is 17.2 Å². The lowest BCUT2D eigenvalue weighted by Crippen LogP contribution is -2.14. The molecule has 0 atom stereocenters. The van der Waals surface area contributed by atoms with Crippen LogP contribution in [-0.4, -0.2) is 18.6 Å². The van der Waals surface area contributed by atoms with E-state index in [1.165, 1.54) is 5.56 Å². The standard InChI is InChI=1S/C18H20N2O2.ClH/c1-12(2)22-17-6-4-3-5-16(17)20-18(21)14-7-8-15-13(11-14)9-10-19-15;/h3-8,11-12,19H,9-10H2,1-2H3,(H,20,21);1H. The molecule has 0 saturated heterocycles. The molecule has 0 saturated carbocycles. The number of ether oxygens (including phenoxy) is 1. The van der Waals surface area contributed by atoms with Crippen LogP contribution in [-0.2, 0) is 6.42 Å². The third-order valence-corrected chi connectivity index (χ3v) is 3.58. The van der Waals surface area contributed by atoms with Crippen molar-refractivity contribution in [1.82, 2.24) is 0 Å². The van der Waals surface area contributed by atoms with Crippen LogP contribution in [0, 0.1) is 0 Å². The van der Waals surface area contributed by atoms with Gasteiger partial charge in [-0.05, 0) is 56.2 Å². The van der Waals surface area contributed by atoms with E-state index in [-0.39, 0.29) is 24.4 Å². The van der Waals surface area contributed by atoms with Crippen molar-refractivity contribution in [2.45, 2.75) is 26.4 Å². The van der Waals surface area contributed by atoms with Crippen molar-refractivity contribution in [2.24, 2.45) is 0 Å². The molecular formula is C18H21ClN2O2. The van der Waals surface area contributed by atoms with Crippen molar-refractivity contribution in [3.63, 3.8) is 0 Å². The smallest absolute Gasteiger partial charge is 0.255 e. The minimum atomic E-state index is -0.116. The quantitative estimate of drug-likeness (QED) is 0.885. The topological polar surface area (TPSA) is 50.4 Å². The van der Waals surface area contributed by atoms with Gasteiger partial charge in [0.15, 0.2) is 0 Å². The van der Waals surface area contributed by atoms with Crippen LogP contribution in [0.1, 0.15) is 29.8 Å². The zero-order chi connectivity index (χ0) is 15.5. The summed E-state index contributed by atoms with van der Waals surface area (Å²) in [7, 11) is 0. The minimum absolute atomic E-state index is 0. The number of nitrogens with one attached hydrogen (secondary N) is 2. The number of hydrogen-bond donors (Lipinski definition) is 2. The van der Waals surface area contributed by atoms with E-state index in [1.807, 2.05) is 56.3 Å². The number of halogens is 1. The Kier molecular flexibility index (Phi) is 5.50. The molecule has 2 aromatic carbocycles. The van der Waals surface area contributed by atoms with Crippen LogP contribution in [0.2, 0.25) is 0 Å². The molecule has 0 radical (unpaired) electrons. The zero-order valence-corrected chi connectivity index (χ0v) is 14.1. The van der Waals surface area contributed by atoms with Crippen LogP contribution in [0.5, 0.6) is 5.75 Å². The lowest BCUT2D eigenvalue weighted by Gasteiger charge is -2.15. The number of rotatable bonds is 4. The molecule has 0 unspecified atom stereocenters. The normalized spacial score (nSPS) is 12.1. The van der Waals surface area contributed by atoms with E-state index < -0.39 is 0 Å². The number of anilines is 2. The van der Waals surface area contributed by atoms with Gasteiger partial charge < -0.3 is 15.4 Å². The van der Waals surface area contributed by atoms with E-state index in [4.69, 9.17) is 4.74 Å². The number of amides is 1. The SMILES string of the molecule is CC(C)Oc1ccccc1NC(=O)c1ccc2c(c1)CCN2.Cl. The number of fused-ring (bicyclic) bond motifs is 1. The highest BCUT2D eigenvalue weighted by Crippen LogP contribution is 2.27. The Labute approximate surface area is 142 Å². The molecule has 1 amide bonds. The van der Waals surface area contributed by atoms with Crippen LogP contribution in [0.4, 0.5) is 11.4 Å². The van der Waals surface area contributed by atoms with Crippen molar-refractivity contribution in [3.05, 3.63) is 53.6 Å². The lowest BCUT2D eigenvalue weighted by molar-refractivity contribution is 0.102. The van der Waals surface area contributed by atoms with Gasteiger partial charge >= 0.3 is 0 Å². The van der Waals surface area contributed by atoms with Crippen LogP contribution in [0.3, 0.4) is 0 Å². The molecule has 0 spiro atoms. The first-order chi connectivity index (χ1) is 10.6. The number of carbonyl (C=O) groups is 1. The van der Waals surface area contributed by atoms with Gasteiger partial charge in [0.05, 0.1) is 11.8 Å². The minimum Gasteiger partial charge on any atom is -0.489 e. The maximum atomic E-state index is 12.5. The molecule has 2 aromatic rings. The molecule has 0 aromatic heterocycles. The molecule has 1 aliphatic heterocycles. The summed E-state index contributed by atoms with van der Waals surface area (Å²) in [5.41, 5.74) is 3.68. The molecule has 0 bridgehead atoms. The highest BCUT2D eigenvalue weighted by molar-refractivity contribution is 6.05. The third-order valence-electron chi connectivity index (χ3n) is 3.58. The van der Waals surface area contributed by atoms with Crippen LogP contribution >= 0.6 is 12.4 Å². The molecular weight excluding hydrogens is 312 g/mol. The first kappa shape index (κ1) is 17.2. The predicted octanol–water partition coefficient (Wildman–Crippen LogP) is 4.12. The van der Waals surface area contributed by atoms with Gasteiger partial charge in [-0.25, -0.2) is 0 Å². The van der Waals surface area contributed by atoms with Crippen LogP contribution < -0.4 is 15.4 Å². The Balaban J connectivity index is 0.00000192. The second-order valence-electron chi connectivity index (χ2n) is 5.67. The number of para-hydroxylation sites is 2. The monoisotopic (exact) mass is 332 g/mol. The van der Waals surface area contributed by atoms with E-state index in [0.717, 1.165) is 18.7 Å². The first-order valence-corrected chi connectivity index (χ1v) is 7.57. The zero-order valence-electron chi connectivity index (χ0n) is 13.3. The summed E-state index contributed by atoms with van der Waals surface area (Å²) in [5.74, 6) is 0.572. The molecule has 1 aliphatic rings. The van der Waals surface area contributed by atoms with E-state index in [0.29, 0.717) is 17.0 Å². The maximum absolute atomic E-state index is 12.5. The van der Waals surface area contributed by atoms with E-state index in [2.05, 4.69) is 10.6 Å². The van der Waals surface area contributed by atoms with Gasteiger partial charge in [-0.3, -0.25) is 4.79 Å². The molecule has 23 heavy (non-hydrogen) atoms. The van der Waals surface area contributed by atoms with Gasteiger partial charge in [0.25, 0.3) is 5.91 Å². The molecule has 0 aliphatic carbocycles. The van der Waals surface area contributed by atoms with Crippen LogP contribution in [0.25, 0.3) is 0 Å². The van der Waals surface area contributed by atoms with Gasteiger partial charge in [0.1, 0.15) is 5.75 Å². The van der Waals surface area contributed by atoms with Crippen molar-refractivity contribution in [1.29, 1.82) is 0 Å². The van der Waals surface area contributed by atoms with Crippen molar-refractivity contribution in [3.8, 4) is 5.75 Å². The Morgan fingerprint density at radius 1 is 1.22 bits per heavy atom. The largest absolute Gasteiger partial charge is 0.489 e. The summed E-state index contributed by atoms with van der Waals surface area (Å²) < 4.78 is 5.73. The molecule has 122 valence electrons. The highest BCUT2D eigenvalue weighted by Gasteiger charge is 2.15. The summed E-state index contributed by atoms with van der Waals surface area (Å²) in [4.78, 5) is 12.5. The molecule has 1 heterocycles. The Bertz CT molecular complexity index is 701. The summed E-state index contributed by atoms with van der Waals surface area (Å²) in [5, 5.41) is 6.23. The number of hydrogen-bond acceptors (Lipinski definition) is 3. The second-order valence-corrected chi connectivity index (χ2v) is 5.67. The fourth-order valence-corrected chi connectivity index (χ4v) is 2.57. The van der Waals surface area contributed by atoms with Gasteiger partial charge in [0, 0.05) is 17.8 Å². The Hall–Kier alpha value is -2.20. The van der Waals surface area contributed by atoms with E-state index in [9.17, 15) is 4.79 Å². The Morgan fingerprint density at radius 3 is 2.78 bits per heavy atom. The van der Waals surface area contributed by atoms with Gasteiger partial charge in [-0.2, -0.15) is 0 Å². The van der Waals surface area contributed by atoms with Gasteiger partial charge in [-0.1, -0.05) is 12.1 Å². The average Bonchev–Trinajstić information content (AvgIpc) is 2.96. The van der Waals surface area contributed by atoms with E-state index >= 15 is 0 Å². The number of benzene rings is 2.